The van der Waals surface area contributed by atoms with Crippen LogP contribution in [0.2, 0.25) is 10.0 Å². The number of hydrogen-bond acceptors (Lipinski definition) is 3. The fourth-order valence-electron chi connectivity index (χ4n) is 1.46. The molecule has 0 amide bonds. The van der Waals surface area contributed by atoms with Crippen molar-refractivity contribution in [3.63, 3.8) is 0 Å². The lowest BCUT2D eigenvalue weighted by Gasteiger charge is -2.01. The van der Waals surface area contributed by atoms with Crippen LogP contribution in [0.1, 0.15) is 16.1 Å². The maximum atomic E-state index is 11.3. The number of nitrogens with zero attached hydrogens (tertiary/aromatic N) is 1. The molecule has 0 spiro atoms. The van der Waals surface area contributed by atoms with Gasteiger partial charge in [0.2, 0.25) is 0 Å². The lowest BCUT2D eigenvalue weighted by Crippen LogP contribution is -1.93. The van der Waals surface area contributed by atoms with Crippen LogP contribution in [-0.4, -0.2) is 10.4 Å². The molecule has 17 heavy (non-hydrogen) atoms. The highest BCUT2D eigenvalue weighted by Gasteiger charge is 2.21. The van der Waals surface area contributed by atoms with Crippen molar-refractivity contribution >= 4 is 40.0 Å². The van der Waals surface area contributed by atoms with Gasteiger partial charge in [0.1, 0.15) is 5.56 Å². The summed E-state index contributed by atoms with van der Waals surface area (Å²) in [6.45, 7) is 1.63. The van der Waals surface area contributed by atoms with Crippen LogP contribution in [0.25, 0.3) is 11.3 Å². The molecule has 0 aliphatic heterocycles. The Morgan fingerprint density at radius 3 is 2.65 bits per heavy atom. The van der Waals surface area contributed by atoms with E-state index in [0.717, 1.165) is 0 Å². The number of aromatic nitrogens is 1. The molecule has 0 saturated heterocycles. The van der Waals surface area contributed by atoms with Gasteiger partial charge in [-0.25, -0.2) is 0 Å². The molecule has 0 N–H and O–H groups in total. The summed E-state index contributed by atoms with van der Waals surface area (Å²) in [5.74, 6) is 0.254. The highest BCUT2D eigenvalue weighted by atomic mass is 35.5. The van der Waals surface area contributed by atoms with Gasteiger partial charge in [-0.3, -0.25) is 4.79 Å². The van der Waals surface area contributed by atoms with Crippen molar-refractivity contribution in [2.24, 2.45) is 0 Å². The minimum absolute atomic E-state index is 0.218. The molecule has 88 valence electrons. The molecule has 0 aliphatic carbocycles. The van der Waals surface area contributed by atoms with Crippen LogP contribution in [0.5, 0.6) is 0 Å². The molecule has 2 aromatic rings. The summed E-state index contributed by atoms with van der Waals surface area (Å²) >= 11 is 17.3. The molecule has 0 radical (unpaired) electrons. The lowest BCUT2D eigenvalue weighted by atomic mass is 10.1. The Labute approximate surface area is 112 Å². The van der Waals surface area contributed by atoms with Crippen molar-refractivity contribution in [1.29, 1.82) is 0 Å². The molecular formula is C11H6Cl3NO2. The van der Waals surface area contributed by atoms with Gasteiger partial charge in [0, 0.05) is 10.6 Å². The fraction of sp³-hybridized carbons (Fsp3) is 0.0909. The van der Waals surface area contributed by atoms with E-state index in [2.05, 4.69) is 5.16 Å². The first-order valence-electron chi connectivity index (χ1n) is 4.62. The van der Waals surface area contributed by atoms with E-state index in [4.69, 9.17) is 39.3 Å². The third kappa shape index (κ3) is 2.32. The Morgan fingerprint density at radius 2 is 2.06 bits per heavy atom. The van der Waals surface area contributed by atoms with Gasteiger partial charge in [0.25, 0.3) is 5.24 Å². The Bertz CT molecular complexity index is 592. The van der Waals surface area contributed by atoms with Crippen LogP contribution in [0.3, 0.4) is 0 Å². The molecule has 0 bridgehead atoms. The van der Waals surface area contributed by atoms with Gasteiger partial charge >= 0.3 is 0 Å². The Hall–Kier alpha value is -1.03. The zero-order valence-electron chi connectivity index (χ0n) is 8.63. The van der Waals surface area contributed by atoms with E-state index >= 15 is 0 Å². The second kappa shape index (κ2) is 4.69. The molecule has 0 saturated carbocycles. The summed E-state index contributed by atoms with van der Waals surface area (Å²) in [5, 5.41) is 3.93. The number of carbonyl (C=O) groups excluding carboxylic acids is 1. The van der Waals surface area contributed by atoms with Gasteiger partial charge in [0.15, 0.2) is 5.76 Å². The fourth-order valence-corrected chi connectivity index (χ4v) is 2.18. The average molecular weight is 291 g/mol. The van der Waals surface area contributed by atoms with Crippen molar-refractivity contribution < 1.29 is 9.32 Å². The van der Waals surface area contributed by atoms with Crippen LogP contribution < -0.4 is 0 Å². The van der Waals surface area contributed by atoms with Gasteiger partial charge in [-0.05, 0) is 36.7 Å². The first-order chi connectivity index (χ1) is 8.00. The van der Waals surface area contributed by atoms with Gasteiger partial charge in [0.05, 0.1) is 10.7 Å². The van der Waals surface area contributed by atoms with E-state index in [1.165, 1.54) is 0 Å². The molecule has 1 heterocycles. The number of rotatable bonds is 2. The van der Waals surface area contributed by atoms with E-state index in [9.17, 15) is 4.79 Å². The maximum absolute atomic E-state index is 11.3. The van der Waals surface area contributed by atoms with Crippen molar-refractivity contribution in [2.45, 2.75) is 6.92 Å². The molecule has 0 aliphatic rings. The molecular weight excluding hydrogens is 284 g/mol. The SMILES string of the molecule is Cc1noc(-c2ccc(Cl)cc2Cl)c1C(=O)Cl. The summed E-state index contributed by atoms with van der Waals surface area (Å²) in [4.78, 5) is 11.3. The number of carbonyl (C=O) groups is 1. The predicted molar refractivity (Wildman–Crippen MR) is 66.9 cm³/mol. The van der Waals surface area contributed by atoms with Crippen LogP contribution in [0.15, 0.2) is 22.7 Å². The summed E-state index contributed by atoms with van der Waals surface area (Å²) in [5.41, 5.74) is 1.17. The molecule has 6 heteroatoms. The summed E-state index contributed by atoms with van der Waals surface area (Å²) in [6, 6.07) is 4.84. The Kier molecular flexibility index (Phi) is 3.43. The second-order valence-electron chi connectivity index (χ2n) is 3.37. The maximum Gasteiger partial charge on any atom is 0.258 e. The number of aryl methyl sites for hydroxylation is 1. The number of benzene rings is 1. The first kappa shape index (κ1) is 12.4. The average Bonchev–Trinajstić information content (AvgIpc) is 2.60. The smallest absolute Gasteiger partial charge is 0.258 e. The normalized spacial score (nSPS) is 10.6. The third-order valence-electron chi connectivity index (χ3n) is 2.24. The molecule has 3 nitrogen and oxygen atoms in total. The minimum atomic E-state index is -0.634. The quantitative estimate of drug-likeness (QED) is 0.773. The van der Waals surface area contributed by atoms with Crippen LogP contribution in [-0.2, 0) is 0 Å². The highest BCUT2D eigenvalue weighted by molar-refractivity contribution is 6.68. The Balaban J connectivity index is 2.65. The van der Waals surface area contributed by atoms with Gasteiger partial charge in [-0.15, -0.1) is 0 Å². The predicted octanol–water partition coefficient (Wildman–Crippen LogP) is 4.34. The van der Waals surface area contributed by atoms with Gasteiger partial charge < -0.3 is 4.52 Å². The first-order valence-corrected chi connectivity index (χ1v) is 5.75. The number of halogens is 3. The van der Waals surface area contributed by atoms with E-state index < -0.39 is 5.24 Å². The van der Waals surface area contributed by atoms with Crippen molar-refractivity contribution in [3.05, 3.63) is 39.5 Å². The minimum Gasteiger partial charge on any atom is -0.355 e. The van der Waals surface area contributed by atoms with E-state index in [1.54, 1.807) is 25.1 Å². The van der Waals surface area contributed by atoms with E-state index in [0.29, 0.717) is 21.3 Å². The van der Waals surface area contributed by atoms with E-state index in [-0.39, 0.29) is 11.3 Å². The summed E-state index contributed by atoms with van der Waals surface area (Å²) < 4.78 is 5.08. The van der Waals surface area contributed by atoms with Crippen LogP contribution >= 0.6 is 34.8 Å². The highest BCUT2D eigenvalue weighted by Crippen LogP contribution is 2.34. The molecule has 0 atom stereocenters. The van der Waals surface area contributed by atoms with Crippen molar-refractivity contribution in [3.8, 4) is 11.3 Å². The molecule has 0 fully saturated rings. The van der Waals surface area contributed by atoms with Crippen molar-refractivity contribution in [2.75, 3.05) is 0 Å². The molecule has 2 rings (SSSR count). The zero-order chi connectivity index (χ0) is 12.6. The monoisotopic (exact) mass is 289 g/mol. The molecule has 1 aromatic heterocycles. The van der Waals surface area contributed by atoms with Gasteiger partial charge in [-0.1, -0.05) is 28.4 Å². The Morgan fingerprint density at radius 1 is 1.35 bits per heavy atom. The second-order valence-corrected chi connectivity index (χ2v) is 4.56. The zero-order valence-corrected chi connectivity index (χ0v) is 10.9. The third-order valence-corrected chi connectivity index (χ3v) is 2.97. The van der Waals surface area contributed by atoms with Crippen LogP contribution in [0, 0.1) is 6.92 Å². The van der Waals surface area contributed by atoms with E-state index in [1.807, 2.05) is 0 Å². The summed E-state index contributed by atoms with van der Waals surface area (Å²) in [7, 11) is 0. The number of hydrogen-bond donors (Lipinski definition) is 0. The van der Waals surface area contributed by atoms with Crippen molar-refractivity contribution in [1.82, 2.24) is 5.16 Å². The molecule has 0 unspecified atom stereocenters. The largest absolute Gasteiger partial charge is 0.355 e. The summed E-state index contributed by atoms with van der Waals surface area (Å²) in [6.07, 6.45) is 0. The van der Waals surface area contributed by atoms with Crippen LogP contribution in [0.4, 0.5) is 0 Å². The van der Waals surface area contributed by atoms with Gasteiger partial charge in [-0.2, -0.15) is 0 Å². The standard InChI is InChI=1S/C11H6Cl3NO2/c1-5-9(11(14)16)10(17-15-5)7-3-2-6(12)4-8(7)13/h2-4H,1H3. The molecule has 1 aromatic carbocycles. The topological polar surface area (TPSA) is 43.1 Å². The lowest BCUT2D eigenvalue weighted by molar-refractivity contribution is 0.108.